The maximum absolute atomic E-state index is 12.9. The molecule has 3 aromatic rings. The van der Waals surface area contributed by atoms with Gasteiger partial charge in [-0.15, -0.1) is 0 Å². The quantitative estimate of drug-likeness (QED) is 0.479. The molecule has 0 radical (unpaired) electrons. The van der Waals surface area contributed by atoms with Crippen LogP contribution in [0.15, 0.2) is 70.1 Å². The monoisotopic (exact) mass is 363 g/mol. The number of ketones is 1. The first-order chi connectivity index (χ1) is 12.1. The number of allylic oxidation sites excluding steroid dienone is 1. The standard InChI is InChI=1S/C21H14ClNOS/c1-23-19-15-5-3-2-4-12(15)7-9-18(19)25-21(23)17-10-13-6-8-14(22)11-16(13)20(17)24/h2-9,11H,10H2,1H3/b21-17-. The number of fused-ring (bicyclic) bond motifs is 4. The van der Waals surface area contributed by atoms with E-state index >= 15 is 0 Å². The summed E-state index contributed by atoms with van der Waals surface area (Å²) in [6, 6.07) is 18.3. The lowest BCUT2D eigenvalue weighted by molar-refractivity contribution is 0.103. The van der Waals surface area contributed by atoms with Crippen molar-refractivity contribution in [1.82, 2.24) is 0 Å². The molecule has 0 fully saturated rings. The Morgan fingerprint density at radius 1 is 1.08 bits per heavy atom. The normalized spacial score (nSPS) is 18.8. The Morgan fingerprint density at radius 2 is 1.92 bits per heavy atom. The minimum Gasteiger partial charge on any atom is -0.337 e. The Kier molecular flexibility index (Phi) is 3.24. The van der Waals surface area contributed by atoms with Crippen molar-refractivity contribution in [1.29, 1.82) is 0 Å². The van der Waals surface area contributed by atoms with Crippen molar-refractivity contribution >= 4 is 45.6 Å². The van der Waals surface area contributed by atoms with E-state index < -0.39 is 0 Å². The van der Waals surface area contributed by atoms with Crippen molar-refractivity contribution in [2.24, 2.45) is 0 Å². The van der Waals surface area contributed by atoms with Crippen LogP contribution in [0.1, 0.15) is 15.9 Å². The highest BCUT2D eigenvalue weighted by Crippen LogP contribution is 2.51. The van der Waals surface area contributed by atoms with E-state index in [4.69, 9.17) is 11.6 Å². The Hall–Kier alpha value is -2.23. The van der Waals surface area contributed by atoms with Gasteiger partial charge in [-0.05, 0) is 29.1 Å². The van der Waals surface area contributed by atoms with Gasteiger partial charge in [0.25, 0.3) is 0 Å². The molecule has 0 amide bonds. The molecular formula is C21H14ClNOS. The zero-order valence-corrected chi connectivity index (χ0v) is 15.1. The fourth-order valence-electron chi connectivity index (χ4n) is 3.72. The van der Waals surface area contributed by atoms with Gasteiger partial charge in [-0.2, -0.15) is 0 Å². The van der Waals surface area contributed by atoms with Gasteiger partial charge in [-0.1, -0.05) is 59.8 Å². The van der Waals surface area contributed by atoms with E-state index in [2.05, 4.69) is 48.3 Å². The highest BCUT2D eigenvalue weighted by molar-refractivity contribution is 8.03. The van der Waals surface area contributed by atoms with Gasteiger partial charge in [-0.3, -0.25) is 4.79 Å². The Balaban J connectivity index is 1.66. The lowest BCUT2D eigenvalue weighted by Gasteiger charge is -2.17. The molecule has 1 aliphatic heterocycles. The second kappa shape index (κ2) is 5.38. The summed E-state index contributed by atoms with van der Waals surface area (Å²) in [7, 11) is 2.05. The topological polar surface area (TPSA) is 20.3 Å². The van der Waals surface area contributed by atoms with Gasteiger partial charge >= 0.3 is 0 Å². The van der Waals surface area contributed by atoms with E-state index in [1.807, 2.05) is 12.1 Å². The number of halogens is 1. The van der Waals surface area contributed by atoms with E-state index in [-0.39, 0.29) is 5.78 Å². The van der Waals surface area contributed by atoms with Crippen LogP contribution in [-0.2, 0) is 6.42 Å². The summed E-state index contributed by atoms with van der Waals surface area (Å²) in [5.74, 6) is 0.101. The van der Waals surface area contributed by atoms with Crippen molar-refractivity contribution in [3.63, 3.8) is 0 Å². The Labute approximate surface area is 155 Å². The average molecular weight is 364 g/mol. The van der Waals surface area contributed by atoms with Gasteiger partial charge in [-0.25, -0.2) is 0 Å². The zero-order chi connectivity index (χ0) is 17.1. The minimum absolute atomic E-state index is 0.101. The molecule has 2 aliphatic rings. The Morgan fingerprint density at radius 3 is 2.80 bits per heavy atom. The summed E-state index contributed by atoms with van der Waals surface area (Å²) >= 11 is 7.77. The first-order valence-corrected chi connectivity index (χ1v) is 9.32. The first kappa shape index (κ1) is 15.1. The van der Waals surface area contributed by atoms with Crippen LogP contribution in [0.5, 0.6) is 0 Å². The van der Waals surface area contributed by atoms with Crippen LogP contribution in [0, 0.1) is 0 Å². The van der Waals surface area contributed by atoms with Gasteiger partial charge in [0.15, 0.2) is 5.78 Å². The smallest absolute Gasteiger partial charge is 0.192 e. The van der Waals surface area contributed by atoms with Gasteiger partial charge in [0.05, 0.1) is 10.7 Å². The van der Waals surface area contributed by atoms with Crippen molar-refractivity contribution in [2.45, 2.75) is 11.3 Å². The second-order valence-electron chi connectivity index (χ2n) is 6.39. The molecule has 0 unspecified atom stereocenters. The summed E-state index contributed by atoms with van der Waals surface area (Å²) in [4.78, 5) is 16.3. The van der Waals surface area contributed by atoms with Crippen molar-refractivity contribution in [2.75, 3.05) is 11.9 Å². The molecule has 0 N–H and O–H groups in total. The summed E-state index contributed by atoms with van der Waals surface area (Å²) in [6.45, 7) is 0. The van der Waals surface area contributed by atoms with Gasteiger partial charge in [0.2, 0.25) is 0 Å². The third-order valence-electron chi connectivity index (χ3n) is 4.93. The summed E-state index contributed by atoms with van der Waals surface area (Å²) in [6.07, 6.45) is 0.671. The van der Waals surface area contributed by atoms with Crippen LogP contribution >= 0.6 is 23.4 Å². The van der Waals surface area contributed by atoms with Crippen LogP contribution in [0.2, 0.25) is 5.02 Å². The molecule has 0 atom stereocenters. The predicted octanol–water partition coefficient (Wildman–Crippen LogP) is 5.69. The van der Waals surface area contributed by atoms with Crippen LogP contribution in [0.4, 0.5) is 5.69 Å². The number of nitrogens with zero attached hydrogens (tertiary/aromatic N) is 1. The first-order valence-electron chi connectivity index (χ1n) is 8.13. The average Bonchev–Trinajstić information content (AvgIpc) is 3.13. The van der Waals surface area contributed by atoms with Gasteiger partial charge in [0.1, 0.15) is 0 Å². The largest absolute Gasteiger partial charge is 0.337 e. The molecule has 5 rings (SSSR count). The second-order valence-corrected chi connectivity index (χ2v) is 7.85. The third-order valence-corrected chi connectivity index (χ3v) is 6.42. The Bertz CT molecular complexity index is 1100. The van der Waals surface area contributed by atoms with E-state index in [0.717, 1.165) is 21.7 Å². The number of thioether (sulfide) groups is 1. The lowest BCUT2D eigenvalue weighted by atomic mass is 10.1. The molecule has 1 heterocycles. The number of carbonyl (C=O) groups excluding carboxylic acids is 1. The molecule has 1 aliphatic carbocycles. The van der Waals surface area contributed by atoms with E-state index in [1.54, 1.807) is 17.8 Å². The van der Waals surface area contributed by atoms with Crippen LogP contribution in [0.25, 0.3) is 10.8 Å². The molecule has 3 aromatic carbocycles. The maximum atomic E-state index is 12.9. The van der Waals surface area contributed by atoms with Crippen LogP contribution in [0.3, 0.4) is 0 Å². The number of anilines is 1. The van der Waals surface area contributed by atoms with Crippen LogP contribution in [-0.4, -0.2) is 12.8 Å². The fraction of sp³-hybridized carbons (Fsp3) is 0.0952. The third kappa shape index (κ3) is 2.16. The molecule has 25 heavy (non-hydrogen) atoms. The minimum atomic E-state index is 0.101. The molecular weight excluding hydrogens is 350 g/mol. The summed E-state index contributed by atoms with van der Waals surface area (Å²) < 4.78 is 0. The molecule has 0 aromatic heterocycles. The zero-order valence-electron chi connectivity index (χ0n) is 13.5. The number of Topliss-reactive ketones (excluding diaryl/α,β-unsaturated/α-hetero) is 1. The SMILES string of the molecule is CN1/C(=C2\Cc3ccc(Cl)cc3C2=O)Sc2ccc3ccccc3c21. The number of carbonyl (C=O) groups is 1. The molecule has 0 saturated heterocycles. The highest BCUT2D eigenvalue weighted by atomic mass is 35.5. The van der Waals surface area contributed by atoms with Crippen molar-refractivity contribution in [3.05, 3.63) is 81.3 Å². The molecule has 122 valence electrons. The van der Waals surface area contributed by atoms with E-state index in [0.29, 0.717) is 11.4 Å². The van der Waals surface area contributed by atoms with Gasteiger partial charge < -0.3 is 4.90 Å². The molecule has 4 heteroatoms. The summed E-state index contributed by atoms with van der Waals surface area (Å²) in [5.41, 5.74) is 3.86. The number of hydrogen-bond donors (Lipinski definition) is 0. The fourth-order valence-corrected chi connectivity index (χ4v) is 5.10. The molecule has 0 saturated carbocycles. The molecule has 0 spiro atoms. The van der Waals surface area contributed by atoms with Crippen molar-refractivity contribution in [3.8, 4) is 0 Å². The number of hydrogen-bond acceptors (Lipinski definition) is 3. The van der Waals surface area contributed by atoms with E-state index in [1.165, 1.54) is 21.4 Å². The van der Waals surface area contributed by atoms with Crippen LogP contribution < -0.4 is 4.90 Å². The molecule has 0 bridgehead atoms. The predicted molar refractivity (Wildman–Crippen MR) is 105 cm³/mol. The summed E-state index contributed by atoms with van der Waals surface area (Å²) in [5, 5.41) is 4.08. The van der Waals surface area contributed by atoms with E-state index in [9.17, 15) is 4.79 Å². The number of benzene rings is 3. The number of rotatable bonds is 0. The maximum Gasteiger partial charge on any atom is 0.192 e. The van der Waals surface area contributed by atoms with Gasteiger partial charge in [0, 0.05) is 39.9 Å². The van der Waals surface area contributed by atoms with Crippen molar-refractivity contribution < 1.29 is 4.79 Å². The molecule has 2 nitrogen and oxygen atoms in total. The highest BCUT2D eigenvalue weighted by Gasteiger charge is 2.34. The lowest BCUT2D eigenvalue weighted by Crippen LogP contribution is -2.14.